The summed E-state index contributed by atoms with van der Waals surface area (Å²) in [5.41, 5.74) is 5.44. The van der Waals surface area contributed by atoms with Gasteiger partial charge in [-0.25, -0.2) is 8.42 Å². The molecule has 0 saturated heterocycles. The molecule has 0 atom stereocenters. The molecule has 110 valence electrons. The summed E-state index contributed by atoms with van der Waals surface area (Å²) in [5, 5.41) is 0. The lowest BCUT2D eigenvalue weighted by Crippen LogP contribution is -1.97. The van der Waals surface area contributed by atoms with Gasteiger partial charge in [0.05, 0.1) is 0 Å². The number of hydrogen-bond donors (Lipinski definition) is 1. The highest BCUT2D eigenvalue weighted by Gasteiger charge is 2.01. The van der Waals surface area contributed by atoms with Gasteiger partial charge in [-0.05, 0) is 30.2 Å². The van der Waals surface area contributed by atoms with Crippen molar-refractivity contribution in [1.82, 2.24) is 0 Å². The van der Waals surface area contributed by atoms with Gasteiger partial charge in [-0.15, -0.1) is 0 Å². The summed E-state index contributed by atoms with van der Waals surface area (Å²) >= 11 is 0. The van der Waals surface area contributed by atoms with Crippen LogP contribution in [0.1, 0.15) is 64.2 Å². The maximum Gasteiger partial charge on any atom is 0.198 e. The molecule has 0 radical (unpaired) electrons. The van der Waals surface area contributed by atoms with Crippen LogP contribution < -0.4 is 5.73 Å². The molecule has 0 bridgehead atoms. The summed E-state index contributed by atoms with van der Waals surface area (Å²) in [6.45, 7) is 0.825. The van der Waals surface area contributed by atoms with E-state index in [1.807, 2.05) is 0 Å². The minimum atomic E-state index is -2.83. The quantitative estimate of drug-likeness (QED) is 0.417. The molecule has 0 aliphatic rings. The Morgan fingerprint density at radius 2 is 1.17 bits per heavy atom. The number of hydrogen-bond acceptors (Lipinski definition) is 4. The van der Waals surface area contributed by atoms with Crippen LogP contribution in [0.5, 0.6) is 0 Å². The van der Waals surface area contributed by atoms with E-state index in [0.717, 1.165) is 42.4 Å². The zero-order valence-corrected chi connectivity index (χ0v) is 13.3. The van der Waals surface area contributed by atoms with E-state index in [1.54, 1.807) is 0 Å². The summed E-state index contributed by atoms with van der Waals surface area (Å²) in [6.07, 6.45) is 13.8. The lowest BCUT2D eigenvalue weighted by Gasteiger charge is -2.02. The van der Waals surface area contributed by atoms with Crippen LogP contribution in [0.3, 0.4) is 0 Å². The molecule has 18 heavy (non-hydrogen) atoms. The molecule has 0 aromatic carbocycles. The minimum absolute atomic E-state index is 0.748. The van der Waals surface area contributed by atoms with Crippen molar-refractivity contribution in [3.8, 4) is 0 Å². The van der Waals surface area contributed by atoms with Crippen molar-refractivity contribution < 1.29 is 8.42 Å². The van der Waals surface area contributed by atoms with Crippen molar-refractivity contribution in [2.75, 3.05) is 18.6 Å². The summed E-state index contributed by atoms with van der Waals surface area (Å²) < 4.78 is 21.7. The van der Waals surface area contributed by atoms with Crippen molar-refractivity contribution in [3.05, 3.63) is 0 Å². The van der Waals surface area contributed by atoms with Gasteiger partial charge < -0.3 is 5.73 Å². The van der Waals surface area contributed by atoms with Crippen LogP contribution in [0, 0.1) is 0 Å². The average Bonchev–Trinajstić information content (AvgIpc) is 2.29. The predicted octanol–water partition coefficient (Wildman–Crippen LogP) is 3.54. The van der Waals surface area contributed by atoms with Crippen molar-refractivity contribution in [2.24, 2.45) is 5.73 Å². The van der Waals surface area contributed by atoms with Gasteiger partial charge >= 0.3 is 0 Å². The highest BCUT2D eigenvalue weighted by Crippen LogP contribution is 2.15. The van der Waals surface area contributed by atoms with E-state index in [2.05, 4.69) is 0 Å². The fourth-order valence-electron chi connectivity index (χ4n) is 1.87. The number of nitrogens with two attached hydrogens (primary N) is 1. The second kappa shape index (κ2) is 12.3. The molecule has 0 fully saturated rings. The molecule has 2 N–H and O–H groups in total. The molecular formula is C13H29NO2S2. The predicted molar refractivity (Wildman–Crippen MR) is 82.5 cm³/mol. The minimum Gasteiger partial charge on any atom is -0.330 e. The first kappa shape index (κ1) is 18.3. The summed E-state index contributed by atoms with van der Waals surface area (Å²) in [6, 6.07) is 0. The SMILES string of the molecule is CS(=O)(=O)SCCCCCCCCCCCCN. The average molecular weight is 296 g/mol. The monoisotopic (exact) mass is 295 g/mol. The number of rotatable bonds is 13. The molecule has 0 rings (SSSR count). The standard InChI is InChI=1S/C13H29NO2S2/c1-18(15,16)17-13-11-9-7-5-3-2-4-6-8-10-12-14/h2-14H2,1H3. The molecule has 0 amide bonds. The lowest BCUT2D eigenvalue weighted by molar-refractivity contribution is 0.559. The molecule has 0 spiro atoms. The topological polar surface area (TPSA) is 60.2 Å². The van der Waals surface area contributed by atoms with Crippen molar-refractivity contribution in [1.29, 1.82) is 0 Å². The third-order valence-corrected chi connectivity index (χ3v) is 5.56. The highest BCUT2D eigenvalue weighted by molar-refractivity contribution is 8.71. The first-order chi connectivity index (χ1) is 8.56. The van der Waals surface area contributed by atoms with E-state index in [1.165, 1.54) is 51.2 Å². The molecule has 3 nitrogen and oxygen atoms in total. The van der Waals surface area contributed by atoms with Gasteiger partial charge in [0.15, 0.2) is 8.87 Å². The summed E-state index contributed by atoms with van der Waals surface area (Å²) in [5.74, 6) is 0.748. The first-order valence-electron chi connectivity index (χ1n) is 7.11. The largest absolute Gasteiger partial charge is 0.330 e. The van der Waals surface area contributed by atoms with Crippen LogP contribution in [-0.4, -0.2) is 27.0 Å². The fraction of sp³-hybridized carbons (Fsp3) is 1.00. The van der Waals surface area contributed by atoms with E-state index in [9.17, 15) is 8.42 Å². The van der Waals surface area contributed by atoms with Gasteiger partial charge in [-0.2, -0.15) is 0 Å². The van der Waals surface area contributed by atoms with Gasteiger partial charge in [0.25, 0.3) is 0 Å². The third-order valence-electron chi connectivity index (χ3n) is 2.90. The second-order valence-electron chi connectivity index (χ2n) is 4.85. The van der Waals surface area contributed by atoms with E-state index in [-0.39, 0.29) is 0 Å². The first-order valence-corrected chi connectivity index (χ1v) is 10.5. The Hall–Kier alpha value is 0.260. The normalized spacial score (nSPS) is 11.9. The Labute approximate surface area is 117 Å². The van der Waals surface area contributed by atoms with E-state index in [4.69, 9.17) is 5.73 Å². The summed E-state index contributed by atoms with van der Waals surface area (Å²) in [7, 11) is -1.75. The van der Waals surface area contributed by atoms with Crippen LogP contribution in [-0.2, 0) is 8.87 Å². The van der Waals surface area contributed by atoms with Crippen molar-refractivity contribution in [3.63, 3.8) is 0 Å². The maximum atomic E-state index is 10.9. The fourth-order valence-corrected chi connectivity index (χ4v) is 3.76. The Morgan fingerprint density at radius 3 is 1.56 bits per heavy atom. The van der Waals surface area contributed by atoms with Crippen molar-refractivity contribution in [2.45, 2.75) is 64.2 Å². The second-order valence-corrected chi connectivity index (χ2v) is 9.43. The van der Waals surface area contributed by atoms with Gasteiger partial charge in [-0.1, -0.05) is 51.4 Å². The zero-order chi connectivity index (χ0) is 13.7. The van der Waals surface area contributed by atoms with Gasteiger partial charge in [-0.3, -0.25) is 0 Å². The molecule has 0 unspecified atom stereocenters. The molecule has 0 aromatic rings. The Balaban J connectivity index is 3.03. The van der Waals surface area contributed by atoms with Gasteiger partial charge in [0, 0.05) is 12.0 Å². The molecule has 5 heteroatoms. The molecule has 0 aliphatic carbocycles. The molecule has 0 heterocycles. The smallest absolute Gasteiger partial charge is 0.198 e. The van der Waals surface area contributed by atoms with Crippen LogP contribution >= 0.6 is 10.8 Å². The number of unbranched alkanes of at least 4 members (excludes halogenated alkanes) is 9. The van der Waals surface area contributed by atoms with Crippen LogP contribution in [0.2, 0.25) is 0 Å². The van der Waals surface area contributed by atoms with Crippen LogP contribution in [0.25, 0.3) is 0 Å². The lowest BCUT2D eigenvalue weighted by atomic mass is 10.1. The zero-order valence-electron chi connectivity index (χ0n) is 11.7. The van der Waals surface area contributed by atoms with Gasteiger partial charge in [0.1, 0.15) is 0 Å². The molecule has 0 saturated carbocycles. The van der Waals surface area contributed by atoms with Crippen LogP contribution in [0.4, 0.5) is 0 Å². The van der Waals surface area contributed by atoms with Crippen molar-refractivity contribution >= 4 is 19.7 Å². The van der Waals surface area contributed by atoms with Crippen LogP contribution in [0.15, 0.2) is 0 Å². The highest BCUT2D eigenvalue weighted by atomic mass is 33.1. The Morgan fingerprint density at radius 1 is 0.778 bits per heavy atom. The molecule has 0 aliphatic heterocycles. The summed E-state index contributed by atoms with van der Waals surface area (Å²) in [4.78, 5) is 0. The molecule has 0 aromatic heterocycles. The Kier molecular flexibility index (Phi) is 12.5. The van der Waals surface area contributed by atoms with E-state index < -0.39 is 8.87 Å². The third kappa shape index (κ3) is 16.3. The van der Waals surface area contributed by atoms with Gasteiger partial charge in [0.2, 0.25) is 0 Å². The Bertz CT molecular complexity index is 266. The molecular weight excluding hydrogens is 266 g/mol. The van der Waals surface area contributed by atoms with E-state index >= 15 is 0 Å². The van der Waals surface area contributed by atoms with E-state index in [0.29, 0.717) is 0 Å². The maximum absolute atomic E-state index is 10.9.